The van der Waals surface area contributed by atoms with Crippen LogP contribution in [0.4, 0.5) is 0 Å². The van der Waals surface area contributed by atoms with Crippen molar-refractivity contribution in [1.29, 1.82) is 0 Å². The molecule has 0 aliphatic heterocycles. The van der Waals surface area contributed by atoms with Gasteiger partial charge in [0.1, 0.15) is 0 Å². The van der Waals surface area contributed by atoms with Crippen LogP contribution in [0.3, 0.4) is 0 Å². The van der Waals surface area contributed by atoms with E-state index in [0.717, 1.165) is 25.6 Å². The Kier molecular flexibility index (Phi) is 69.6. The molecule has 0 heterocycles. The van der Waals surface area contributed by atoms with Crippen LogP contribution in [0.25, 0.3) is 0 Å². The Bertz CT molecular complexity index is 5010. The smallest absolute Gasteiger partial charge is 0.872 e. The van der Waals surface area contributed by atoms with Gasteiger partial charge in [-0.15, -0.1) is 69.0 Å². The van der Waals surface area contributed by atoms with Crippen LogP contribution in [0.1, 0.15) is 147 Å². The molecule has 0 aliphatic rings. The molecule has 146 heavy (non-hydrogen) atoms. The number of carbonyl (C=O) groups is 4. The number of nitrogens with zero attached hydrogens (tertiary/aromatic N) is 14. The molecule has 774 valence electrons. The van der Waals surface area contributed by atoms with Crippen molar-refractivity contribution in [2.45, 2.75) is 80.1 Å². The number of benzene rings is 12. The summed E-state index contributed by atoms with van der Waals surface area (Å²) in [7, 11) is 13.5. The summed E-state index contributed by atoms with van der Waals surface area (Å²) in [5.41, 5.74) is 4.69. The molecule has 0 N–H and O–H groups in total. The van der Waals surface area contributed by atoms with Crippen molar-refractivity contribution < 1.29 is 158 Å². The molecule has 0 atom stereocenters. The molecular weight excluding hydrogens is 2020 g/mol. The first-order chi connectivity index (χ1) is 68.2. The number of para-hydroxylation sites is 12. The molecule has 0 unspecified atom stereocenters. The Morgan fingerprint density at radius 1 is 0.199 bits per heavy atom. The van der Waals surface area contributed by atoms with Gasteiger partial charge in [-0.3, -0.25) is 59.1 Å². The second-order valence-electron chi connectivity index (χ2n) is 31.7. The zero-order valence-corrected chi connectivity index (χ0v) is 89.2. The van der Waals surface area contributed by atoms with Crippen molar-refractivity contribution in [3.8, 4) is 69.0 Å². The zero-order valence-electron chi connectivity index (χ0n) is 84.8. The molecule has 4 amide bonds. The molecule has 0 aliphatic carbocycles. The van der Waals surface area contributed by atoms with Gasteiger partial charge in [-0.2, -0.15) is 0 Å². The number of hydrogen-bond donors (Lipinski definition) is 0. The van der Waals surface area contributed by atoms with Gasteiger partial charge >= 0.3 is 68.3 Å². The van der Waals surface area contributed by atoms with Gasteiger partial charge in [0.15, 0.2) is 24.7 Å². The van der Waals surface area contributed by atoms with Gasteiger partial charge < -0.3 is 89.8 Å². The number of carbonyl (C=O) groups excluding carboxylic acids is 4. The van der Waals surface area contributed by atoms with Crippen molar-refractivity contribution in [1.82, 2.24) is 19.6 Å². The Balaban J connectivity index is 0. The summed E-state index contributed by atoms with van der Waals surface area (Å²) in [6.45, 7) is 28.4. The quantitative estimate of drug-likeness (QED) is 0.0164. The molecule has 12 rings (SSSR count). The predicted molar refractivity (Wildman–Crippen MR) is 546 cm³/mol. The standard InChI is InChI=1S/4C21H18N2O3.2C8H20N.4C3H7NO.4Fe/c4*24-18-10-4-1-7-15(18)13-22-21(17-9-3-6-12-20(17)26)23-14-16-8-2-5-11-19(16)25;2*1-5-9(6-2,7-3)8-4;4*1-4(2)3-5;;;;/h4*1-14,21,24-26H;2*5-8H2,1-4H3;4*3H,1-2H3;;;;/q;;;;2*+1;;;;;2*+2;2*+3/p-12/b4*22-13+,23-14+;;;;;;;;;;. The number of amides is 4. The molecule has 2 radical (unpaired) electrons. The molecule has 12 aromatic rings. The molecule has 0 bridgehead atoms. The van der Waals surface area contributed by atoms with Crippen molar-refractivity contribution >= 4 is 75.4 Å². The Morgan fingerprint density at radius 2 is 0.295 bits per heavy atom. The summed E-state index contributed by atoms with van der Waals surface area (Å²) in [5.74, 6) is -2.18. The fraction of sp³-hybridized carbons (Fsp3) is 0.250. The number of aliphatic imine (C=N–C) groups is 8. The maximum Gasteiger partial charge on any atom is 3.00 e. The second kappa shape index (κ2) is 76.2. The van der Waals surface area contributed by atoms with E-state index < -0.39 is 24.7 Å². The van der Waals surface area contributed by atoms with Gasteiger partial charge in [0.25, 0.3) is 0 Å². The van der Waals surface area contributed by atoms with Crippen LogP contribution in [0.5, 0.6) is 69.0 Å². The van der Waals surface area contributed by atoms with Crippen molar-refractivity contribution in [3.63, 3.8) is 0 Å². The van der Waals surface area contributed by atoms with Gasteiger partial charge in [0, 0.05) is 106 Å². The summed E-state index contributed by atoms with van der Waals surface area (Å²) in [6.07, 6.45) is 10.8. The third kappa shape index (κ3) is 50.6. The summed E-state index contributed by atoms with van der Waals surface area (Å²) in [6, 6.07) is 77.3. The Labute approximate surface area is 901 Å². The summed E-state index contributed by atoms with van der Waals surface area (Å²) < 4.78 is 2.56. The third-order valence-corrected chi connectivity index (χ3v) is 21.2. The molecule has 34 heteroatoms. The van der Waals surface area contributed by atoms with Crippen LogP contribution in [0.2, 0.25) is 0 Å². The molecule has 0 saturated carbocycles. The third-order valence-electron chi connectivity index (χ3n) is 21.2. The van der Waals surface area contributed by atoms with E-state index in [1.54, 1.807) is 275 Å². The van der Waals surface area contributed by atoms with Crippen LogP contribution >= 0.6 is 0 Å². The van der Waals surface area contributed by atoms with Gasteiger partial charge in [0.05, 0.1) is 52.4 Å². The first kappa shape index (κ1) is 134. The minimum atomic E-state index is -0.845. The molecule has 12 aromatic carbocycles. The van der Waals surface area contributed by atoms with E-state index in [9.17, 15) is 80.5 Å². The SMILES string of the molecule is CC[N+](CC)(CC)CC.CC[N+](CC)(CC)CC.CN(C)C=O.CN(C)C=O.CN(C)C=O.CN(C)C=O.[Fe+2].[Fe+2].[Fe+3].[Fe+3].[O-]c1ccccc1/C=N/C(/N=C/c1ccccc1[O-])c1ccccc1[O-].[O-]c1ccccc1/C=N/C(/N=C/c1ccccc1[O-])c1ccccc1[O-].[O-]c1ccccc1/C=N/C(/N=C/c1ccccc1[O-])c1ccccc1[O-].[O-]c1ccccc1/C=N/C(/N=C/c1ccccc1[O-])c1ccccc1[O-]. The first-order valence-corrected chi connectivity index (χ1v) is 45.7. The van der Waals surface area contributed by atoms with Gasteiger partial charge in [0.2, 0.25) is 25.6 Å². The summed E-state index contributed by atoms with van der Waals surface area (Å²) in [4.78, 5) is 77.9. The first-order valence-electron chi connectivity index (χ1n) is 45.7. The average molecular weight is 2150 g/mol. The van der Waals surface area contributed by atoms with E-state index in [1.807, 2.05) is 0 Å². The molecule has 30 nitrogen and oxygen atoms in total. The van der Waals surface area contributed by atoms with Crippen LogP contribution in [-0.2, 0) is 87.5 Å². The zero-order chi connectivity index (χ0) is 105. The van der Waals surface area contributed by atoms with E-state index in [4.69, 9.17) is 0 Å². The van der Waals surface area contributed by atoms with E-state index in [-0.39, 0.29) is 137 Å². The monoisotopic (exact) mass is 2150 g/mol. The van der Waals surface area contributed by atoms with Crippen LogP contribution in [0, 0.1) is 0 Å². The van der Waals surface area contributed by atoms with E-state index in [2.05, 4.69) is 95.3 Å². The maximum atomic E-state index is 12.1. The van der Waals surface area contributed by atoms with Gasteiger partial charge in [-0.1, -0.05) is 291 Å². The Hall–Kier alpha value is -14.5. The van der Waals surface area contributed by atoms with Gasteiger partial charge in [-0.25, -0.2) is 0 Å². The van der Waals surface area contributed by atoms with Crippen molar-refractivity contribution in [3.05, 3.63) is 358 Å². The summed E-state index contributed by atoms with van der Waals surface area (Å²) >= 11 is 0. The minimum Gasteiger partial charge on any atom is -0.872 e. The van der Waals surface area contributed by atoms with Crippen LogP contribution in [0.15, 0.2) is 331 Å². The molecular formula is C112H128Fe4N14O16. The van der Waals surface area contributed by atoms with E-state index >= 15 is 0 Å². The van der Waals surface area contributed by atoms with Crippen LogP contribution in [-0.4, -0.2) is 213 Å². The second-order valence-corrected chi connectivity index (χ2v) is 31.7. The predicted octanol–water partition coefficient (Wildman–Crippen LogP) is 11.2. The summed E-state index contributed by atoms with van der Waals surface area (Å²) in [5, 5.41) is 143. The minimum absolute atomic E-state index is 0. The maximum absolute atomic E-state index is 12.1. The topological polar surface area (TPSA) is 457 Å². The molecule has 0 spiro atoms. The fourth-order valence-electron chi connectivity index (χ4n) is 12.2. The number of hydrogen-bond acceptors (Lipinski definition) is 24. The normalized spacial score (nSPS) is 10.7. The van der Waals surface area contributed by atoms with Crippen molar-refractivity contribution in [2.24, 2.45) is 39.9 Å². The van der Waals surface area contributed by atoms with E-state index in [1.165, 1.54) is 203 Å². The number of rotatable bonds is 32. The van der Waals surface area contributed by atoms with Crippen LogP contribution < -0.4 is 61.3 Å². The number of quaternary nitrogens is 2. The van der Waals surface area contributed by atoms with Crippen molar-refractivity contribution in [2.75, 3.05) is 109 Å². The Morgan fingerprint density at radius 3 is 0.377 bits per heavy atom. The van der Waals surface area contributed by atoms with E-state index in [0.29, 0.717) is 66.8 Å². The van der Waals surface area contributed by atoms with Gasteiger partial charge in [-0.05, 0) is 122 Å². The molecule has 0 saturated heterocycles. The molecule has 0 aromatic heterocycles. The average Bonchev–Trinajstić information content (AvgIpc) is 0.854. The molecule has 0 fully saturated rings. The largest absolute Gasteiger partial charge is 3.00 e. The fourth-order valence-corrected chi connectivity index (χ4v) is 12.2.